The Morgan fingerprint density at radius 1 is 1.05 bits per heavy atom. The first kappa shape index (κ1) is 13.2. The summed E-state index contributed by atoms with van der Waals surface area (Å²) < 4.78 is 0. The molecule has 0 heterocycles. The third-order valence-electron chi connectivity index (χ3n) is 5.85. The van der Waals surface area contributed by atoms with E-state index < -0.39 is 0 Å². The Hall–Kier alpha value is -0.530. The molecule has 3 fully saturated rings. The van der Waals surface area contributed by atoms with Crippen LogP contribution in [-0.2, 0) is 5.41 Å². The number of halogens is 1. The molecule has 20 heavy (non-hydrogen) atoms. The second kappa shape index (κ2) is 4.74. The van der Waals surface area contributed by atoms with Crippen LogP contribution in [0, 0.1) is 5.41 Å². The Balaban J connectivity index is 1.55. The van der Waals surface area contributed by atoms with Crippen LogP contribution in [0.15, 0.2) is 24.3 Å². The molecule has 1 nitrogen and oxygen atoms in total. The first-order valence-electron chi connectivity index (χ1n) is 8.19. The number of nitrogens with one attached hydrogen (secondary N) is 1. The Kier molecular flexibility index (Phi) is 3.12. The number of hydrogen-bond acceptors (Lipinski definition) is 1. The van der Waals surface area contributed by atoms with Gasteiger partial charge in [0, 0.05) is 23.0 Å². The van der Waals surface area contributed by atoms with E-state index in [0.717, 1.165) is 11.1 Å². The van der Waals surface area contributed by atoms with Crippen molar-refractivity contribution in [2.45, 2.75) is 62.8 Å². The SMILES string of the molecule is Clc1ccc(C2(CNC3CC3)CC3(CCCC3)C2)cc1. The Bertz CT molecular complexity index is 475. The van der Waals surface area contributed by atoms with Crippen LogP contribution in [0.3, 0.4) is 0 Å². The van der Waals surface area contributed by atoms with Crippen LogP contribution in [0.4, 0.5) is 0 Å². The third-order valence-corrected chi connectivity index (χ3v) is 6.11. The molecule has 1 aromatic carbocycles. The number of benzene rings is 1. The summed E-state index contributed by atoms with van der Waals surface area (Å²) in [6.45, 7) is 1.17. The highest BCUT2D eigenvalue weighted by Gasteiger charge is 2.55. The molecule has 3 saturated carbocycles. The van der Waals surface area contributed by atoms with Crippen molar-refractivity contribution in [2.24, 2.45) is 5.41 Å². The molecule has 0 atom stereocenters. The van der Waals surface area contributed by atoms with Crippen LogP contribution in [0.1, 0.15) is 56.9 Å². The Morgan fingerprint density at radius 2 is 1.70 bits per heavy atom. The zero-order chi connectivity index (χ0) is 13.6. The van der Waals surface area contributed by atoms with Gasteiger partial charge < -0.3 is 5.32 Å². The Morgan fingerprint density at radius 3 is 2.30 bits per heavy atom. The van der Waals surface area contributed by atoms with Crippen molar-refractivity contribution < 1.29 is 0 Å². The van der Waals surface area contributed by atoms with Crippen molar-refractivity contribution in [1.29, 1.82) is 0 Å². The van der Waals surface area contributed by atoms with Crippen LogP contribution in [0.2, 0.25) is 5.02 Å². The molecule has 1 aromatic rings. The molecule has 0 bridgehead atoms. The van der Waals surface area contributed by atoms with Gasteiger partial charge in [0.1, 0.15) is 0 Å². The molecule has 0 radical (unpaired) electrons. The van der Waals surface area contributed by atoms with Gasteiger partial charge in [-0.15, -0.1) is 0 Å². The van der Waals surface area contributed by atoms with E-state index in [1.165, 1.54) is 63.5 Å². The monoisotopic (exact) mass is 289 g/mol. The predicted octanol–water partition coefficient (Wildman–Crippen LogP) is 4.68. The summed E-state index contributed by atoms with van der Waals surface area (Å²) in [6.07, 6.45) is 11.4. The minimum atomic E-state index is 0.386. The van der Waals surface area contributed by atoms with E-state index in [1.807, 2.05) is 0 Å². The average Bonchev–Trinajstić information content (AvgIpc) is 3.12. The Labute approximate surface area is 127 Å². The summed E-state index contributed by atoms with van der Waals surface area (Å²) in [5.74, 6) is 0. The van der Waals surface area contributed by atoms with E-state index in [0.29, 0.717) is 10.8 Å². The number of hydrogen-bond donors (Lipinski definition) is 1. The maximum Gasteiger partial charge on any atom is 0.0406 e. The van der Waals surface area contributed by atoms with Crippen LogP contribution in [-0.4, -0.2) is 12.6 Å². The molecule has 4 rings (SSSR count). The molecule has 0 unspecified atom stereocenters. The van der Waals surface area contributed by atoms with Gasteiger partial charge in [0.25, 0.3) is 0 Å². The lowest BCUT2D eigenvalue weighted by atomic mass is 9.49. The fourth-order valence-electron chi connectivity index (χ4n) is 4.72. The van der Waals surface area contributed by atoms with Crippen molar-refractivity contribution >= 4 is 11.6 Å². The van der Waals surface area contributed by atoms with Crippen LogP contribution in [0.5, 0.6) is 0 Å². The summed E-state index contributed by atoms with van der Waals surface area (Å²) in [7, 11) is 0. The molecule has 3 aliphatic rings. The van der Waals surface area contributed by atoms with Crippen molar-refractivity contribution in [3.8, 4) is 0 Å². The standard InChI is InChI=1S/C18H24ClN/c19-15-5-3-14(4-6-15)18(13-20-16-7-8-16)11-17(12-18)9-1-2-10-17/h3-6,16,20H,1-2,7-13H2. The first-order valence-corrected chi connectivity index (χ1v) is 8.57. The molecular formula is C18H24ClN. The molecule has 1 spiro atoms. The second-order valence-electron chi connectivity index (χ2n) is 7.50. The molecule has 0 amide bonds. The quantitative estimate of drug-likeness (QED) is 0.848. The zero-order valence-electron chi connectivity index (χ0n) is 12.1. The average molecular weight is 290 g/mol. The highest BCUT2D eigenvalue weighted by atomic mass is 35.5. The van der Waals surface area contributed by atoms with Gasteiger partial charge in [-0.25, -0.2) is 0 Å². The summed E-state index contributed by atoms with van der Waals surface area (Å²) in [5.41, 5.74) is 2.58. The molecule has 0 aliphatic heterocycles. The summed E-state index contributed by atoms with van der Waals surface area (Å²) in [5, 5.41) is 4.64. The lowest BCUT2D eigenvalue weighted by molar-refractivity contribution is 0.0267. The summed E-state index contributed by atoms with van der Waals surface area (Å²) in [6, 6.07) is 9.46. The highest BCUT2D eigenvalue weighted by molar-refractivity contribution is 6.30. The van der Waals surface area contributed by atoms with Gasteiger partial charge in [-0.3, -0.25) is 0 Å². The zero-order valence-corrected chi connectivity index (χ0v) is 12.9. The van der Waals surface area contributed by atoms with E-state index >= 15 is 0 Å². The molecule has 0 aromatic heterocycles. The normalized spacial score (nSPS) is 26.6. The molecule has 1 N–H and O–H groups in total. The summed E-state index contributed by atoms with van der Waals surface area (Å²) >= 11 is 6.07. The first-order chi connectivity index (χ1) is 9.70. The van der Waals surface area contributed by atoms with E-state index in [9.17, 15) is 0 Å². The molecule has 108 valence electrons. The largest absolute Gasteiger partial charge is 0.313 e. The van der Waals surface area contributed by atoms with Gasteiger partial charge in [-0.1, -0.05) is 36.6 Å². The lowest BCUT2D eigenvalue weighted by Crippen LogP contribution is -2.54. The van der Waals surface area contributed by atoms with Gasteiger partial charge >= 0.3 is 0 Å². The minimum Gasteiger partial charge on any atom is -0.313 e. The van der Waals surface area contributed by atoms with E-state index in [1.54, 1.807) is 0 Å². The van der Waals surface area contributed by atoms with Crippen molar-refractivity contribution in [3.05, 3.63) is 34.9 Å². The summed E-state index contributed by atoms with van der Waals surface area (Å²) in [4.78, 5) is 0. The van der Waals surface area contributed by atoms with Gasteiger partial charge in [0.05, 0.1) is 0 Å². The second-order valence-corrected chi connectivity index (χ2v) is 7.94. The third kappa shape index (κ3) is 2.29. The van der Waals surface area contributed by atoms with Crippen molar-refractivity contribution in [2.75, 3.05) is 6.54 Å². The molecular weight excluding hydrogens is 266 g/mol. The maximum atomic E-state index is 6.07. The smallest absolute Gasteiger partial charge is 0.0406 e. The molecule has 0 saturated heterocycles. The van der Waals surface area contributed by atoms with Gasteiger partial charge in [-0.2, -0.15) is 0 Å². The maximum absolute atomic E-state index is 6.07. The highest BCUT2D eigenvalue weighted by Crippen LogP contribution is 2.62. The van der Waals surface area contributed by atoms with Gasteiger partial charge in [-0.05, 0) is 61.6 Å². The van der Waals surface area contributed by atoms with Crippen molar-refractivity contribution in [3.63, 3.8) is 0 Å². The minimum absolute atomic E-state index is 0.386. The molecule has 2 heteroatoms. The fraction of sp³-hybridized carbons (Fsp3) is 0.667. The van der Waals surface area contributed by atoms with Crippen molar-refractivity contribution in [1.82, 2.24) is 5.32 Å². The van der Waals surface area contributed by atoms with E-state index in [4.69, 9.17) is 11.6 Å². The van der Waals surface area contributed by atoms with E-state index in [-0.39, 0.29) is 0 Å². The van der Waals surface area contributed by atoms with Gasteiger partial charge in [0.15, 0.2) is 0 Å². The van der Waals surface area contributed by atoms with Crippen LogP contribution >= 0.6 is 11.6 Å². The van der Waals surface area contributed by atoms with Crippen LogP contribution in [0.25, 0.3) is 0 Å². The number of rotatable bonds is 4. The fourth-order valence-corrected chi connectivity index (χ4v) is 4.85. The lowest BCUT2D eigenvalue weighted by Gasteiger charge is -2.56. The topological polar surface area (TPSA) is 12.0 Å². The molecule has 3 aliphatic carbocycles. The van der Waals surface area contributed by atoms with E-state index in [2.05, 4.69) is 29.6 Å². The predicted molar refractivity (Wildman–Crippen MR) is 84.3 cm³/mol. The van der Waals surface area contributed by atoms with Gasteiger partial charge in [0.2, 0.25) is 0 Å². The van der Waals surface area contributed by atoms with Crippen LogP contribution < -0.4 is 5.32 Å².